The lowest BCUT2D eigenvalue weighted by atomic mass is 10.1. The van der Waals surface area contributed by atoms with Gasteiger partial charge in [0.15, 0.2) is 0 Å². The molecule has 0 radical (unpaired) electrons. The second-order valence-electron chi connectivity index (χ2n) is 6.59. The first-order valence-electron chi connectivity index (χ1n) is 9.37. The van der Waals surface area contributed by atoms with Gasteiger partial charge >= 0.3 is 5.97 Å². The Morgan fingerprint density at radius 2 is 1.68 bits per heavy atom. The highest BCUT2D eigenvalue weighted by Crippen LogP contribution is 2.20. The van der Waals surface area contributed by atoms with E-state index in [0.717, 1.165) is 5.75 Å². The molecule has 1 heterocycles. The van der Waals surface area contributed by atoms with Crippen molar-refractivity contribution in [3.8, 4) is 11.5 Å². The Hall–Kier alpha value is -2.96. The van der Waals surface area contributed by atoms with Crippen LogP contribution in [0.25, 0.3) is 0 Å². The van der Waals surface area contributed by atoms with E-state index in [0.29, 0.717) is 48.0 Å². The molecular formula is C21H28N2O5. The Bertz CT molecular complexity index is 809. The van der Waals surface area contributed by atoms with Gasteiger partial charge in [-0.3, -0.25) is 4.79 Å². The first kappa shape index (κ1) is 21.3. The summed E-state index contributed by atoms with van der Waals surface area (Å²) in [4.78, 5) is 27.6. The molecule has 0 atom stereocenters. The smallest absolute Gasteiger partial charge is 0.340 e. The highest BCUT2D eigenvalue weighted by molar-refractivity contribution is 6.00. The van der Waals surface area contributed by atoms with Crippen LogP contribution in [-0.4, -0.2) is 42.7 Å². The molecule has 28 heavy (non-hydrogen) atoms. The second-order valence-corrected chi connectivity index (χ2v) is 6.59. The molecule has 152 valence electrons. The minimum atomic E-state index is -0.431. The number of aromatic nitrogens is 1. The van der Waals surface area contributed by atoms with E-state index >= 15 is 0 Å². The molecule has 0 fully saturated rings. The molecule has 1 aromatic heterocycles. The Morgan fingerprint density at radius 1 is 1.07 bits per heavy atom. The molecule has 0 aliphatic carbocycles. The molecular weight excluding hydrogens is 360 g/mol. The molecule has 7 nitrogen and oxygen atoms in total. The first-order chi connectivity index (χ1) is 13.3. The summed E-state index contributed by atoms with van der Waals surface area (Å²) in [5.74, 6) is 0.759. The van der Waals surface area contributed by atoms with E-state index in [9.17, 15) is 9.59 Å². The molecule has 7 heteroatoms. The summed E-state index contributed by atoms with van der Waals surface area (Å²) in [6.07, 6.45) is -0.224. The number of nitrogens with one attached hydrogen (secondary N) is 2. The van der Waals surface area contributed by atoms with Crippen LogP contribution in [-0.2, 0) is 4.74 Å². The van der Waals surface area contributed by atoms with Gasteiger partial charge in [-0.15, -0.1) is 0 Å². The summed E-state index contributed by atoms with van der Waals surface area (Å²) >= 11 is 0. The van der Waals surface area contributed by atoms with Crippen LogP contribution in [0.1, 0.15) is 52.9 Å². The van der Waals surface area contributed by atoms with Crippen LogP contribution < -0.4 is 14.8 Å². The lowest BCUT2D eigenvalue weighted by Crippen LogP contribution is -2.29. The van der Waals surface area contributed by atoms with E-state index < -0.39 is 5.97 Å². The summed E-state index contributed by atoms with van der Waals surface area (Å²) in [5.41, 5.74) is 1.95. The van der Waals surface area contributed by atoms with Gasteiger partial charge in [0.05, 0.1) is 24.8 Å². The van der Waals surface area contributed by atoms with Crippen LogP contribution in [0.4, 0.5) is 0 Å². The zero-order valence-electron chi connectivity index (χ0n) is 17.0. The molecule has 0 aliphatic rings. The van der Waals surface area contributed by atoms with Gasteiger partial charge in [0.2, 0.25) is 0 Å². The fourth-order valence-electron chi connectivity index (χ4n) is 2.78. The summed E-state index contributed by atoms with van der Waals surface area (Å²) in [6.45, 7) is 10.2. The minimum absolute atomic E-state index is 0.224. The summed E-state index contributed by atoms with van der Waals surface area (Å²) in [6, 6.07) is 7.30. The molecule has 2 aromatic rings. The Kier molecular flexibility index (Phi) is 7.49. The van der Waals surface area contributed by atoms with Crippen molar-refractivity contribution in [3.63, 3.8) is 0 Å². The fraction of sp³-hybridized carbons (Fsp3) is 0.429. The predicted molar refractivity (Wildman–Crippen MR) is 106 cm³/mol. The van der Waals surface area contributed by atoms with E-state index in [1.807, 2.05) is 31.2 Å². The van der Waals surface area contributed by atoms with Crippen LogP contribution in [0.2, 0.25) is 0 Å². The number of ether oxygens (including phenoxy) is 3. The average Bonchev–Trinajstić information content (AvgIpc) is 2.94. The van der Waals surface area contributed by atoms with E-state index in [4.69, 9.17) is 14.2 Å². The first-order valence-corrected chi connectivity index (χ1v) is 9.37. The van der Waals surface area contributed by atoms with Crippen molar-refractivity contribution in [2.24, 2.45) is 0 Å². The van der Waals surface area contributed by atoms with E-state index in [2.05, 4.69) is 10.3 Å². The average molecular weight is 388 g/mol. The maximum absolute atomic E-state index is 12.4. The molecule has 0 saturated heterocycles. The number of hydrogen-bond acceptors (Lipinski definition) is 5. The molecule has 0 spiro atoms. The molecule has 0 bridgehead atoms. The zero-order valence-corrected chi connectivity index (χ0v) is 17.0. The standard InChI is InChI=1S/C21H28N2O5/c1-6-26-16-7-9-17(10-8-16)27-12-11-22-20(24)19-14(4)18(15(5)23-19)21(25)28-13(2)3/h7-10,13,23H,6,11-12H2,1-5H3,(H,22,24). The van der Waals surface area contributed by atoms with Crippen molar-refractivity contribution in [2.45, 2.75) is 40.7 Å². The topological polar surface area (TPSA) is 89.7 Å². The summed E-state index contributed by atoms with van der Waals surface area (Å²) in [5, 5.41) is 2.79. The highest BCUT2D eigenvalue weighted by atomic mass is 16.5. The molecule has 2 rings (SSSR count). The molecule has 2 N–H and O–H groups in total. The van der Waals surface area contributed by atoms with Crippen LogP contribution in [0.5, 0.6) is 11.5 Å². The number of carbonyl (C=O) groups is 2. The number of rotatable bonds is 9. The zero-order chi connectivity index (χ0) is 20.7. The van der Waals surface area contributed by atoms with Crippen LogP contribution >= 0.6 is 0 Å². The van der Waals surface area contributed by atoms with Crippen molar-refractivity contribution in [1.82, 2.24) is 10.3 Å². The number of amides is 1. The molecule has 0 saturated carbocycles. The summed E-state index contributed by atoms with van der Waals surface area (Å²) < 4.78 is 16.2. The normalized spacial score (nSPS) is 10.6. The van der Waals surface area contributed by atoms with Crippen LogP contribution in [0, 0.1) is 13.8 Å². The molecule has 0 unspecified atom stereocenters. The minimum Gasteiger partial charge on any atom is -0.494 e. The van der Waals surface area contributed by atoms with Crippen molar-refractivity contribution in [2.75, 3.05) is 19.8 Å². The highest BCUT2D eigenvalue weighted by Gasteiger charge is 2.23. The SMILES string of the molecule is CCOc1ccc(OCCNC(=O)c2[nH]c(C)c(C(=O)OC(C)C)c2C)cc1. The maximum Gasteiger partial charge on any atom is 0.340 e. The van der Waals surface area contributed by atoms with Gasteiger partial charge in [-0.1, -0.05) is 0 Å². The number of aryl methyl sites for hydroxylation is 1. The van der Waals surface area contributed by atoms with Gasteiger partial charge in [0.1, 0.15) is 23.8 Å². The Morgan fingerprint density at radius 3 is 2.25 bits per heavy atom. The summed E-state index contributed by atoms with van der Waals surface area (Å²) in [7, 11) is 0. The second kappa shape index (κ2) is 9.82. The predicted octanol–water partition coefficient (Wildman–Crippen LogP) is 3.40. The van der Waals surface area contributed by atoms with E-state index in [-0.39, 0.29) is 12.0 Å². The van der Waals surface area contributed by atoms with Gasteiger partial charge in [-0.2, -0.15) is 0 Å². The molecule has 1 aromatic carbocycles. The third-order valence-electron chi connectivity index (χ3n) is 4.00. The fourth-order valence-corrected chi connectivity index (χ4v) is 2.78. The van der Waals surface area contributed by atoms with Gasteiger partial charge in [-0.25, -0.2) is 4.79 Å². The number of esters is 1. The van der Waals surface area contributed by atoms with Crippen molar-refractivity contribution in [1.29, 1.82) is 0 Å². The largest absolute Gasteiger partial charge is 0.494 e. The molecule has 0 aliphatic heterocycles. The maximum atomic E-state index is 12.4. The van der Waals surface area contributed by atoms with Crippen molar-refractivity contribution >= 4 is 11.9 Å². The number of carbonyl (C=O) groups excluding carboxylic acids is 2. The Labute approximate surface area is 165 Å². The van der Waals surface area contributed by atoms with Crippen LogP contribution in [0.3, 0.4) is 0 Å². The van der Waals surface area contributed by atoms with E-state index in [1.54, 1.807) is 27.7 Å². The van der Waals surface area contributed by atoms with Crippen molar-refractivity contribution in [3.05, 3.63) is 46.8 Å². The van der Waals surface area contributed by atoms with E-state index in [1.165, 1.54) is 0 Å². The third-order valence-corrected chi connectivity index (χ3v) is 4.00. The van der Waals surface area contributed by atoms with Gasteiger partial charge < -0.3 is 24.5 Å². The number of hydrogen-bond donors (Lipinski definition) is 2. The Balaban J connectivity index is 1.88. The quantitative estimate of drug-likeness (QED) is 0.508. The monoisotopic (exact) mass is 388 g/mol. The van der Waals surface area contributed by atoms with Crippen molar-refractivity contribution < 1.29 is 23.8 Å². The van der Waals surface area contributed by atoms with Gasteiger partial charge in [0, 0.05) is 5.69 Å². The number of H-pyrrole nitrogens is 1. The van der Waals surface area contributed by atoms with Crippen LogP contribution in [0.15, 0.2) is 24.3 Å². The lowest BCUT2D eigenvalue weighted by Gasteiger charge is -2.09. The van der Waals surface area contributed by atoms with Gasteiger partial charge in [-0.05, 0) is 64.4 Å². The molecule has 1 amide bonds. The third kappa shape index (κ3) is 5.52. The lowest BCUT2D eigenvalue weighted by molar-refractivity contribution is 0.0376. The number of aromatic amines is 1. The van der Waals surface area contributed by atoms with Gasteiger partial charge in [0.25, 0.3) is 5.91 Å². The number of benzene rings is 1.